The number of hydrogen-bond acceptors (Lipinski definition) is 6. The van der Waals surface area contributed by atoms with Crippen LogP contribution in [0.15, 0.2) is 48.6 Å². The highest BCUT2D eigenvalue weighted by Crippen LogP contribution is 2.46. The molecule has 2 aliphatic heterocycles. The molecule has 0 aromatic heterocycles. The first-order chi connectivity index (χ1) is 18.7. The van der Waals surface area contributed by atoms with Crippen molar-refractivity contribution in [1.29, 1.82) is 0 Å². The lowest BCUT2D eigenvalue weighted by Gasteiger charge is -2.45. The van der Waals surface area contributed by atoms with E-state index in [9.17, 15) is 18.3 Å². The largest absolute Gasteiger partial charge is 0.490 e. The second kappa shape index (κ2) is 10.4. The molecule has 2 aliphatic carbocycles. The van der Waals surface area contributed by atoms with E-state index in [0.717, 1.165) is 42.8 Å². The molecule has 0 radical (unpaired) electrons. The number of aliphatic hydroxyl groups excluding tert-OH is 1. The molecule has 2 aromatic carbocycles. The van der Waals surface area contributed by atoms with Crippen LogP contribution in [-0.4, -0.2) is 51.8 Å². The van der Waals surface area contributed by atoms with Crippen LogP contribution in [0, 0.1) is 11.8 Å². The van der Waals surface area contributed by atoms with Gasteiger partial charge in [0, 0.05) is 35.6 Å². The number of aliphatic hydroxyl groups is 1. The summed E-state index contributed by atoms with van der Waals surface area (Å²) in [4.78, 5) is 15.3. The fraction of sp³-hybridized carbons (Fsp3) is 0.483. The summed E-state index contributed by atoms with van der Waals surface area (Å²) in [5.74, 6) is 0.382. The van der Waals surface area contributed by atoms with Crippen molar-refractivity contribution in [2.75, 3.05) is 31.1 Å². The van der Waals surface area contributed by atoms with Gasteiger partial charge in [-0.05, 0) is 91.8 Å². The Morgan fingerprint density at radius 1 is 1.15 bits per heavy atom. The van der Waals surface area contributed by atoms with Crippen molar-refractivity contribution in [3.63, 3.8) is 0 Å². The number of halogens is 1. The van der Waals surface area contributed by atoms with Gasteiger partial charge in [0.05, 0.1) is 18.4 Å². The molecule has 1 spiro atoms. The summed E-state index contributed by atoms with van der Waals surface area (Å²) in [6.07, 6.45) is 8.31. The maximum atomic E-state index is 13.0. The van der Waals surface area contributed by atoms with Gasteiger partial charge in [0.2, 0.25) is 0 Å². The van der Waals surface area contributed by atoms with E-state index < -0.39 is 22.2 Å². The summed E-state index contributed by atoms with van der Waals surface area (Å²) in [6, 6.07) is 11.2. The van der Waals surface area contributed by atoms with Gasteiger partial charge in [0.1, 0.15) is 5.75 Å². The molecular weight excluding hydrogens is 538 g/mol. The predicted octanol–water partition coefficient (Wildman–Crippen LogP) is 3.72. The predicted molar refractivity (Wildman–Crippen MR) is 151 cm³/mol. The van der Waals surface area contributed by atoms with Crippen LogP contribution in [-0.2, 0) is 22.0 Å². The zero-order valence-electron chi connectivity index (χ0n) is 21.7. The number of carbonyl (C=O) groups excluding carboxylic acids is 1. The van der Waals surface area contributed by atoms with Crippen molar-refractivity contribution in [2.45, 2.75) is 50.0 Å². The number of benzene rings is 2. The Bertz CT molecular complexity index is 1410. The van der Waals surface area contributed by atoms with Gasteiger partial charge in [0.25, 0.3) is 5.91 Å². The Morgan fingerprint density at radius 3 is 2.85 bits per heavy atom. The zero-order valence-corrected chi connectivity index (χ0v) is 23.3. The van der Waals surface area contributed by atoms with E-state index in [4.69, 9.17) is 16.3 Å². The molecule has 6 rings (SSSR count). The highest BCUT2D eigenvalue weighted by Gasteiger charge is 2.44. The topological polar surface area (TPSA) is 108 Å². The number of hydrogen-bond donors (Lipinski definition) is 3. The van der Waals surface area contributed by atoms with E-state index >= 15 is 0 Å². The van der Waals surface area contributed by atoms with Gasteiger partial charge in [-0.15, -0.1) is 0 Å². The number of fused-ring (bicyclic) bond motifs is 4. The number of ether oxygens (including phenoxy) is 1. The van der Waals surface area contributed by atoms with E-state index in [0.29, 0.717) is 31.9 Å². The van der Waals surface area contributed by atoms with Crippen LogP contribution in [0.2, 0.25) is 5.02 Å². The lowest BCUT2D eigenvalue weighted by atomic mass is 9.68. The summed E-state index contributed by atoms with van der Waals surface area (Å²) in [5.41, 5.74) is 3.26. The van der Waals surface area contributed by atoms with Crippen LogP contribution in [0.25, 0.3) is 0 Å². The maximum Gasteiger partial charge on any atom is 0.301 e. The Morgan fingerprint density at radius 2 is 2.03 bits per heavy atom. The van der Waals surface area contributed by atoms with Gasteiger partial charge in [-0.3, -0.25) is 4.79 Å². The molecular formula is C29H34ClN3O5S. The summed E-state index contributed by atoms with van der Waals surface area (Å²) >= 11 is 6.36. The number of nitrogens with one attached hydrogen (secondary N) is 2. The monoisotopic (exact) mass is 571 g/mol. The van der Waals surface area contributed by atoms with Gasteiger partial charge in [-0.2, -0.15) is 13.1 Å². The number of nitrogens with zero attached hydrogens (tertiary/aromatic N) is 1. The van der Waals surface area contributed by atoms with Crippen molar-refractivity contribution in [2.24, 2.45) is 11.8 Å². The number of amides is 1. The van der Waals surface area contributed by atoms with Crippen LogP contribution in [0.1, 0.15) is 53.6 Å². The summed E-state index contributed by atoms with van der Waals surface area (Å²) in [6.45, 7) is 2.02. The second-order valence-electron chi connectivity index (χ2n) is 11.3. The van der Waals surface area contributed by atoms with Crippen molar-refractivity contribution in [1.82, 2.24) is 9.44 Å². The Balaban J connectivity index is 1.42. The van der Waals surface area contributed by atoms with Crippen molar-refractivity contribution in [3.05, 3.63) is 70.3 Å². The molecule has 4 aliphatic rings. The van der Waals surface area contributed by atoms with E-state index in [2.05, 4.69) is 26.5 Å². The van der Waals surface area contributed by atoms with Crippen molar-refractivity contribution >= 4 is 33.4 Å². The number of anilines is 1. The molecule has 39 heavy (non-hydrogen) atoms. The van der Waals surface area contributed by atoms with Crippen LogP contribution in [0.5, 0.6) is 5.75 Å². The van der Waals surface area contributed by atoms with Crippen LogP contribution in [0.4, 0.5) is 5.69 Å². The quantitative estimate of drug-likeness (QED) is 0.416. The van der Waals surface area contributed by atoms with Crippen LogP contribution in [0.3, 0.4) is 0 Å². The molecule has 0 saturated heterocycles. The minimum absolute atomic E-state index is 0.123. The molecule has 4 atom stereocenters. The van der Waals surface area contributed by atoms with Gasteiger partial charge >= 0.3 is 10.2 Å². The van der Waals surface area contributed by atoms with Crippen LogP contribution < -0.4 is 19.1 Å². The standard InChI is InChI=1S/C29H34ClN3O5S/c30-22-8-10-24-19(14-22)4-3-12-29(24)17-33-16-21-6-9-23(21)26(34)5-1-2-13-31-39(36,37)32-28(35)20-7-11-27(38-18-29)25(33)15-20/h1,5,7-8,10-11,14-15,21,23,26,31,34H,2-4,6,9,12-13,16-18H2,(H,32,35)/b5-1+/t21-,23+,26?,29-/m0/s1. The third-order valence-electron chi connectivity index (χ3n) is 8.83. The van der Waals surface area contributed by atoms with Crippen LogP contribution >= 0.6 is 11.6 Å². The Kier molecular flexibility index (Phi) is 7.12. The molecule has 2 aromatic rings. The molecule has 208 valence electrons. The van der Waals surface area contributed by atoms with E-state index in [-0.39, 0.29) is 29.4 Å². The highest BCUT2D eigenvalue weighted by molar-refractivity contribution is 7.88. The molecule has 10 heteroatoms. The lowest BCUT2D eigenvalue weighted by Crippen LogP contribution is -2.49. The fourth-order valence-corrected chi connectivity index (χ4v) is 7.70. The SMILES string of the molecule is O=C1NS(=O)(=O)NCC/C=C/C(O)[C@@H]2CC[C@H]2CN2C[C@@]3(CCCc4cc(Cl)ccc43)COc3ccc1cc32. The minimum Gasteiger partial charge on any atom is -0.490 e. The average molecular weight is 572 g/mol. The average Bonchev–Trinajstić information content (AvgIpc) is 3.02. The molecule has 8 nitrogen and oxygen atoms in total. The summed E-state index contributed by atoms with van der Waals surface area (Å²) in [7, 11) is -4.03. The Labute approximate surface area is 234 Å². The third-order valence-corrected chi connectivity index (χ3v) is 10.1. The number of rotatable bonds is 0. The van der Waals surface area contributed by atoms with E-state index in [1.165, 1.54) is 11.1 Å². The molecule has 1 unspecified atom stereocenters. The van der Waals surface area contributed by atoms with Crippen molar-refractivity contribution < 1.29 is 23.1 Å². The van der Waals surface area contributed by atoms with Gasteiger partial charge in [0.15, 0.2) is 0 Å². The molecule has 1 fully saturated rings. The van der Waals surface area contributed by atoms with Crippen molar-refractivity contribution in [3.8, 4) is 5.75 Å². The first-order valence-corrected chi connectivity index (χ1v) is 15.6. The van der Waals surface area contributed by atoms with Gasteiger partial charge < -0.3 is 14.7 Å². The molecule has 1 saturated carbocycles. The summed E-state index contributed by atoms with van der Waals surface area (Å²) in [5, 5.41) is 11.7. The minimum atomic E-state index is -4.03. The lowest BCUT2D eigenvalue weighted by molar-refractivity contribution is 0.0456. The third kappa shape index (κ3) is 5.29. The Hall–Kier alpha value is -2.59. The van der Waals surface area contributed by atoms with Gasteiger partial charge in [-0.25, -0.2) is 4.72 Å². The first kappa shape index (κ1) is 26.6. The molecule has 3 N–H and O–H groups in total. The first-order valence-electron chi connectivity index (χ1n) is 13.7. The molecule has 2 bridgehead atoms. The second-order valence-corrected chi connectivity index (χ2v) is 13.3. The normalized spacial score (nSPS) is 31.1. The summed E-state index contributed by atoms with van der Waals surface area (Å²) < 4.78 is 35.9. The highest BCUT2D eigenvalue weighted by atomic mass is 35.5. The molecule has 1 amide bonds. The fourth-order valence-electron chi connectivity index (χ4n) is 6.68. The van der Waals surface area contributed by atoms with E-state index in [1.807, 2.05) is 6.07 Å². The zero-order chi connectivity index (χ0) is 27.2. The number of carbonyl (C=O) groups is 1. The maximum absolute atomic E-state index is 13.0. The molecule has 2 heterocycles. The van der Waals surface area contributed by atoms with E-state index in [1.54, 1.807) is 30.4 Å². The number of aryl methyl sites for hydroxylation is 1. The van der Waals surface area contributed by atoms with Gasteiger partial charge in [-0.1, -0.05) is 29.8 Å². The smallest absolute Gasteiger partial charge is 0.301 e.